The van der Waals surface area contributed by atoms with E-state index in [-0.39, 0.29) is 24.7 Å². The number of nitrogens with zero attached hydrogens (tertiary/aromatic N) is 2. The van der Waals surface area contributed by atoms with Gasteiger partial charge in [0.15, 0.2) is 0 Å². The van der Waals surface area contributed by atoms with Crippen molar-refractivity contribution >= 4 is 12.8 Å². The summed E-state index contributed by atoms with van der Waals surface area (Å²) in [6, 6.07) is -0.295. The Labute approximate surface area is 109 Å². The van der Waals surface area contributed by atoms with Crippen LogP contribution in [-0.4, -0.2) is 59.0 Å². The van der Waals surface area contributed by atoms with E-state index >= 15 is 0 Å². The van der Waals surface area contributed by atoms with E-state index in [9.17, 15) is 14.7 Å². The minimum absolute atomic E-state index is 0.0305. The van der Waals surface area contributed by atoms with Crippen LogP contribution in [0.4, 0.5) is 0 Å². The molecule has 1 N–H and O–H groups in total. The van der Waals surface area contributed by atoms with Gasteiger partial charge in [-0.15, -0.1) is 0 Å². The molecule has 1 aliphatic rings. The monoisotopic (exact) mass is 256 g/mol. The summed E-state index contributed by atoms with van der Waals surface area (Å²) in [4.78, 5) is 25.9. The fraction of sp³-hybridized carbons (Fsp3) is 0.846. The summed E-state index contributed by atoms with van der Waals surface area (Å²) in [5, 5.41) is 9.55. The zero-order valence-corrected chi connectivity index (χ0v) is 11.3. The molecule has 0 spiro atoms. The van der Waals surface area contributed by atoms with Crippen LogP contribution in [0.25, 0.3) is 0 Å². The molecule has 0 aromatic rings. The summed E-state index contributed by atoms with van der Waals surface area (Å²) in [5.74, 6) is 0. The van der Waals surface area contributed by atoms with Gasteiger partial charge in [0.05, 0.1) is 18.7 Å². The third kappa shape index (κ3) is 3.02. The number of carbonyl (C=O) groups excluding carboxylic acids is 2. The minimum Gasteiger partial charge on any atom is -0.394 e. The number of piperazine rings is 1. The van der Waals surface area contributed by atoms with Crippen molar-refractivity contribution in [1.82, 2.24) is 9.80 Å². The van der Waals surface area contributed by atoms with Crippen LogP contribution in [0.1, 0.15) is 39.5 Å². The van der Waals surface area contributed by atoms with Crippen molar-refractivity contribution in [1.29, 1.82) is 0 Å². The zero-order chi connectivity index (χ0) is 13.5. The average Bonchev–Trinajstić information content (AvgIpc) is 2.39. The van der Waals surface area contributed by atoms with Gasteiger partial charge < -0.3 is 14.9 Å². The highest BCUT2D eigenvalue weighted by Gasteiger charge is 2.39. The van der Waals surface area contributed by atoms with Gasteiger partial charge in [0.1, 0.15) is 0 Å². The molecular formula is C13H24N2O3. The van der Waals surface area contributed by atoms with E-state index in [0.717, 1.165) is 38.5 Å². The van der Waals surface area contributed by atoms with Gasteiger partial charge in [-0.05, 0) is 12.8 Å². The summed E-state index contributed by atoms with van der Waals surface area (Å²) < 4.78 is 0. The fourth-order valence-corrected chi connectivity index (χ4v) is 2.89. The molecule has 1 saturated heterocycles. The molecule has 0 aliphatic carbocycles. The quantitative estimate of drug-likeness (QED) is 0.679. The van der Waals surface area contributed by atoms with Crippen LogP contribution in [0.5, 0.6) is 0 Å². The smallest absolute Gasteiger partial charge is 0.210 e. The summed E-state index contributed by atoms with van der Waals surface area (Å²) >= 11 is 0. The summed E-state index contributed by atoms with van der Waals surface area (Å²) in [6.07, 6.45) is 5.24. The number of carbonyl (C=O) groups is 2. The molecule has 1 fully saturated rings. The molecule has 5 nitrogen and oxygen atoms in total. The van der Waals surface area contributed by atoms with Crippen molar-refractivity contribution in [2.45, 2.75) is 57.7 Å². The molecule has 0 bridgehead atoms. The normalized spacial score (nSPS) is 28.3. The molecule has 5 heteroatoms. The number of aliphatic hydroxyl groups excluding tert-OH is 1. The zero-order valence-electron chi connectivity index (χ0n) is 11.3. The predicted octanol–water partition coefficient (Wildman–Crippen LogP) is 0.615. The average molecular weight is 256 g/mol. The Morgan fingerprint density at radius 3 is 2.22 bits per heavy atom. The van der Waals surface area contributed by atoms with Crippen LogP contribution in [0.15, 0.2) is 0 Å². The lowest BCUT2D eigenvalue weighted by Crippen LogP contribution is -2.64. The van der Waals surface area contributed by atoms with Gasteiger partial charge in [0, 0.05) is 12.6 Å². The van der Waals surface area contributed by atoms with Crippen LogP contribution < -0.4 is 0 Å². The Morgan fingerprint density at radius 2 is 1.78 bits per heavy atom. The second kappa shape index (κ2) is 7.36. The summed E-state index contributed by atoms with van der Waals surface area (Å²) in [6.45, 7) is 4.59. The molecule has 18 heavy (non-hydrogen) atoms. The molecule has 2 amide bonds. The van der Waals surface area contributed by atoms with Gasteiger partial charge in [-0.3, -0.25) is 9.59 Å². The van der Waals surface area contributed by atoms with Crippen molar-refractivity contribution in [3.8, 4) is 0 Å². The topological polar surface area (TPSA) is 60.9 Å². The number of rotatable bonds is 7. The molecule has 104 valence electrons. The summed E-state index contributed by atoms with van der Waals surface area (Å²) in [7, 11) is 0. The second-order valence-electron chi connectivity index (χ2n) is 4.90. The number of hydrogen-bond donors (Lipinski definition) is 1. The lowest BCUT2D eigenvalue weighted by Gasteiger charge is -2.48. The molecule has 1 rings (SSSR count). The van der Waals surface area contributed by atoms with E-state index in [0.29, 0.717) is 6.54 Å². The van der Waals surface area contributed by atoms with Crippen molar-refractivity contribution < 1.29 is 14.7 Å². The molecule has 0 radical (unpaired) electrons. The second-order valence-corrected chi connectivity index (χ2v) is 4.90. The van der Waals surface area contributed by atoms with E-state index in [4.69, 9.17) is 0 Å². The predicted molar refractivity (Wildman–Crippen MR) is 68.9 cm³/mol. The van der Waals surface area contributed by atoms with Gasteiger partial charge in [0.2, 0.25) is 12.8 Å². The first-order chi connectivity index (χ1) is 8.73. The maximum Gasteiger partial charge on any atom is 0.210 e. The summed E-state index contributed by atoms with van der Waals surface area (Å²) in [5.41, 5.74) is 0. The van der Waals surface area contributed by atoms with E-state index in [2.05, 4.69) is 6.92 Å². The first-order valence-corrected chi connectivity index (χ1v) is 6.78. The van der Waals surface area contributed by atoms with E-state index in [1.165, 1.54) is 0 Å². The molecule has 0 aromatic heterocycles. The highest BCUT2D eigenvalue weighted by atomic mass is 16.3. The van der Waals surface area contributed by atoms with Crippen molar-refractivity contribution in [3.05, 3.63) is 0 Å². The third-order valence-electron chi connectivity index (χ3n) is 3.75. The first kappa shape index (κ1) is 15.0. The molecule has 1 aliphatic heterocycles. The number of aliphatic hydroxyl groups is 1. The first-order valence-electron chi connectivity index (χ1n) is 6.78. The Balaban J connectivity index is 2.92. The maximum atomic E-state index is 11.3. The van der Waals surface area contributed by atoms with E-state index in [1.807, 2.05) is 6.92 Å². The van der Waals surface area contributed by atoms with Crippen LogP contribution in [0.3, 0.4) is 0 Å². The number of hydrogen-bond acceptors (Lipinski definition) is 3. The molecular weight excluding hydrogens is 232 g/mol. The van der Waals surface area contributed by atoms with Crippen LogP contribution in [-0.2, 0) is 9.59 Å². The Kier molecular flexibility index (Phi) is 6.12. The minimum atomic E-state index is -0.266. The van der Waals surface area contributed by atoms with Gasteiger partial charge in [-0.2, -0.15) is 0 Å². The van der Waals surface area contributed by atoms with Crippen molar-refractivity contribution in [3.63, 3.8) is 0 Å². The SMILES string of the molecule is CCC[C@H]1CN(C=O)[C@@H](CCC)C(CO)N1C=O. The van der Waals surface area contributed by atoms with Crippen LogP contribution >= 0.6 is 0 Å². The Bertz CT molecular complexity index is 273. The molecule has 1 heterocycles. The largest absolute Gasteiger partial charge is 0.394 e. The molecule has 1 unspecified atom stereocenters. The van der Waals surface area contributed by atoms with Gasteiger partial charge in [-0.25, -0.2) is 0 Å². The number of amides is 2. The maximum absolute atomic E-state index is 11.3. The highest BCUT2D eigenvalue weighted by molar-refractivity contribution is 5.53. The highest BCUT2D eigenvalue weighted by Crippen LogP contribution is 2.24. The Morgan fingerprint density at radius 1 is 1.11 bits per heavy atom. The Hall–Kier alpha value is -1.10. The van der Waals surface area contributed by atoms with E-state index in [1.54, 1.807) is 9.80 Å². The lowest BCUT2D eigenvalue weighted by molar-refractivity contribution is -0.140. The van der Waals surface area contributed by atoms with Crippen molar-refractivity contribution in [2.75, 3.05) is 13.2 Å². The third-order valence-corrected chi connectivity index (χ3v) is 3.75. The standard InChI is InChI=1S/C13H24N2O3/c1-3-5-11-7-14(9-17)12(6-4-2)13(8-16)15(11)10-18/h9-13,16H,3-8H2,1-2H3/t11-,12-,13?/m0/s1. The van der Waals surface area contributed by atoms with Gasteiger partial charge >= 0.3 is 0 Å². The molecule has 3 atom stereocenters. The molecule has 0 saturated carbocycles. The van der Waals surface area contributed by atoms with Crippen LogP contribution in [0, 0.1) is 0 Å². The van der Waals surface area contributed by atoms with Crippen molar-refractivity contribution in [2.24, 2.45) is 0 Å². The van der Waals surface area contributed by atoms with Gasteiger partial charge in [0.25, 0.3) is 0 Å². The lowest BCUT2D eigenvalue weighted by atomic mass is 9.93. The fourth-order valence-electron chi connectivity index (χ4n) is 2.89. The molecule has 0 aromatic carbocycles. The van der Waals surface area contributed by atoms with Crippen LogP contribution in [0.2, 0.25) is 0 Å². The van der Waals surface area contributed by atoms with E-state index < -0.39 is 0 Å². The van der Waals surface area contributed by atoms with Gasteiger partial charge in [-0.1, -0.05) is 26.7 Å².